The number of amides is 1. The summed E-state index contributed by atoms with van der Waals surface area (Å²) < 4.78 is 5.83. The van der Waals surface area contributed by atoms with Gasteiger partial charge in [0.1, 0.15) is 5.76 Å². The fourth-order valence-electron chi connectivity index (χ4n) is 2.78. The number of hydrogen-bond donors (Lipinski definition) is 1. The zero-order valence-electron chi connectivity index (χ0n) is 17.6. The van der Waals surface area contributed by atoms with Crippen LogP contribution in [0.3, 0.4) is 0 Å². The molecule has 0 saturated carbocycles. The van der Waals surface area contributed by atoms with Gasteiger partial charge in [-0.1, -0.05) is 43.7 Å². The highest BCUT2D eigenvalue weighted by molar-refractivity contribution is 5.91. The van der Waals surface area contributed by atoms with E-state index in [9.17, 15) is 4.79 Å². The van der Waals surface area contributed by atoms with Gasteiger partial charge in [-0.25, -0.2) is 0 Å². The molecule has 0 aliphatic carbocycles. The van der Waals surface area contributed by atoms with E-state index in [1.807, 2.05) is 6.07 Å². The highest BCUT2D eigenvalue weighted by Gasteiger charge is 2.23. The van der Waals surface area contributed by atoms with Crippen molar-refractivity contribution in [3.05, 3.63) is 59.0 Å². The summed E-state index contributed by atoms with van der Waals surface area (Å²) in [5.41, 5.74) is 2.52. The maximum Gasteiger partial charge on any atom is 0.286 e. The SMILES string of the molecule is Cc1ccc(CN(Cc2ccc(C(=O)NCCC(C)C)o2)C(C)(C)C)cc1. The number of aryl methyl sites for hydroxylation is 1. The lowest BCUT2D eigenvalue weighted by molar-refractivity contribution is 0.0905. The lowest BCUT2D eigenvalue weighted by atomic mass is 10.0. The molecule has 1 amide bonds. The molecule has 1 aromatic carbocycles. The molecule has 1 N–H and O–H groups in total. The first kappa shape index (κ1) is 21.2. The zero-order valence-corrected chi connectivity index (χ0v) is 17.6. The van der Waals surface area contributed by atoms with E-state index in [1.54, 1.807) is 6.07 Å². The van der Waals surface area contributed by atoms with Crippen molar-refractivity contribution < 1.29 is 9.21 Å². The maximum atomic E-state index is 12.2. The van der Waals surface area contributed by atoms with Crippen molar-refractivity contribution >= 4 is 5.91 Å². The Morgan fingerprint density at radius 3 is 2.33 bits per heavy atom. The van der Waals surface area contributed by atoms with Crippen molar-refractivity contribution in [1.82, 2.24) is 10.2 Å². The van der Waals surface area contributed by atoms with E-state index >= 15 is 0 Å². The number of carbonyl (C=O) groups excluding carboxylic acids is 1. The van der Waals surface area contributed by atoms with Crippen LogP contribution in [0.2, 0.25) is 0 Å². The largest absolute Gasteiger partial charge is 0.455 e. The molecular formula is C23H34N2O2. The Morgan fingerprint density at radius 1 is 1.07 bits per heavy atom. The number of nitrogens with zero attached hydrogens (tertiary/aromatic N) is 1. The third-order valence-corrected chi connectivity index (χ3v) is 4.68. The molecule has 0 atom stereocenters. The monoisotopic (exact) mass is 370 g/mol. The average molecular weight is 371 g/mol. The third-order valence-electron chi connectivity index (χ3n) is 4.68. The van der Waals surface area contributed by atoms with Gasteiger partial charge in [-0.2, -0.15) is 0 Å². The minimum atomic E-state index is -0.136. The van der Waals surface area contributed by atoms with Crippen LogP contribution < -0.4 is 5.32 Å². The molecule has 0 spiro atoms. The fourth-order valence-corrected chi connectivity index (χ4v) is 2.78. The molecule has 4 nitrogen and oxygen atoms in total. The number of nitrogens with one attached hydrogen (secondary N) is 1. The van der Waals surface area contributed by atoms with Gasteiger partial charge < -0.3 is 9.73 Å². The second kappa shape index (κ2) is 9.23. The number of benzene rings is 1. The maximum absolute atomic E-state index is 12.2. The molecule has 148 valence electrons. The van der Waals surface area contributed by atoms with Crippen molar-refractivity contribution in [2.24, 2.45) is 5.92 Å². The van der Waals surface area contributed by atoms with Gasteiger partial charge in [-0.05, 0) is 57.7 Å². The average Bonchev–Trinajstić information content (AvgIpc) is 3.03. The lowest BCUT2D eigenvalue weighted by Crippen LogP contribution is -2.40. The molecule has 0 aliphatic heterocycles. The first-order chi connectivity index (χ1) is 12.6. The van der Waals surface area contributed by atoms with E-state index in [0.717, 1.165) is 18.7 Å². The molecule has 0 bridgehead atoms. The van der Waals surface area contributed by atoms with Crippen molar-refractivity contribution in [1.29, 1.82) is 0 Å². The Kier molecular flexibility index (Phi) is 7.25. The smallest absolute Gasteiger partial charge is 0.286 e. The molecule has 1 aromatic heterocycles. The molecule has 0 saturated heterocycles. The minimum Gasteiger partial charge on any atom is -0.455 e. The molecule has 27 heavy (non-hydrogen) atoms. The van der Waals surface area contributed by atoms with Crippen LogP contribution in [0.4, 0.5) is 0 Å². The van der Waals surface area contributed by atoms with E-state index in [2.05, 4.69) is 76.0 Å². The predicted octanol–water partition coefficient (Wildman–Crippen LogP) is 5.16. The molecule has 0 radical (unpaired) electrons. The van der Waals surface area contributed by atoms with Gasteiger partial charge in [0.2, 0.25) is 0 Å². The molecule has 0 fully saturated rings. The molecule has 4 heteroatoms. The first-order valence-electron chi connectivity index (χ1n) is 9.82. The molecule has 2 aromatic rings. The van der Waals surface area contributed by atoms with Gasteiger partial charge in [-0.15, -0.1) is 0 Å². The van der Waals surface area contributed by atoms with Crippen molar-refractivity contribution in [2.45, 2.75) is 66.6 Å². The molecule has 0 aliphatic rings. The summed E-state index contributed by atoms with van der Waals surface area (Å²) in [4.78, 5) is 14.6. The van der Waals surface area contributed by atoms with Crippen molar-refractivity contribution in [3.63, 3.8) is 0 Å². The standard InChI is InChI=1S/C23H34N2O2/c1-17(2)13-14-24-22(26)21-12-11-20(27-21)16-25(23(4,5)6)15-19-9-7-18(3)8-10-19/h7-12,17H,13-16H2,1-6H3,(H,24,26). The topological polar surface area (TPSA) is 45.5 Å². The van der Waals surface area contributed by atoms with Crippen molar-refractivity contribution in [3.8, 4) is 0 Å². The summed E-state index contributed by atoms with van der Waals surface area (Å²) in [6, 6.07) is 12.3. The van der Waals surface area contributed by atoms with Crippen LogP contribution in [0, 0.1) is 12.8 Å². The van der Waals surface area contributed by atoms with E-state index in [4.69, 9.17) is 4.42 Å². The van der Waals surface area contributed by atoms with Crippen LogP contribution in [0.1, 0.15) is 68.5 Å². The van der Waals surface area contributed by atoms with Gasteiger partial charge in [-0.3, -0.25) is 9.69 Å². The Morgan fingerprint density at radius 2 is 1.74 bits per heavy atom. The highest BCUT2D eigenvalue weighted by Crippen LogP contribution is 2.22. The summed E-state index contributed by atoms with van der Waals surface area (Å²) in [6.07, 6.45) is 0.966. The Bertz CT molecular complexity index is 724. The zero-order chi connectivity index (χ0) is 20.0. The van der Waals surface area contributed by atoms with E-state index in [-0.39, 0.29) is 11.4 Å². The van der Waals surface area contributed by atoms with E-state index in [1.165, 1.54) is 11.1 Å². The summed E-state index contributed by atoms with van der Waals surface area (Å²) >= 11 is 0. The Labute approximate surface area is 163 Å². The molecule has 1 heterocycles. The first-order valence-corrected chi connectivity index (χ1v) is 9.82. The highest BCUT2D eigenvalue weighted by atomic mass is 16.4. The van der Waals surface area contributed by atoms with E-state index in [0.29, 0.717) is 24.8 Å². The third kappa shape index (κ3) is 6.87. The Hall–Kier alpha value is -2.07. The van der Waals surface area contributed by atoms with Gasteiger partial charge in [0, 0.05) is 18.6 Å². The Balaban J connectivity index is 2.02. The second-order valence-corrected chi connectivity index (χ2v) is 8.72. The molecular weight excluding hydrogens is 336 g/mol. The number of hydrogen-bond acceptors (Lipinski definition) is 3. The van der Waals surface area contributed by atoms with Crippen LogP contribution in [-0.2, 0) is 13.1 Å². The fraction of sp³-hybridized carbons (Fsp3) is 0.522. The van der Waals surface area contributed by atoms with Gasteiger partial charge in [0.05, 0.1) is 6.54 Å². The summed E-state index contributed by atoms with van der Waals surface area (Å²) in [5, 5.41) is 2.93. The molecule has 2 rings (SSSR count). The predicted molar refractivity (Wildman–Crippen MR) is 111 cm³/mol. The lowest BCUT2D eigenvalue weighted by Gasteiger charge is -2.35. The number of carbonyl (C=O) groups is 1. The van der Waals surface area contributed by atoms with Crippen LogP contribution in [-0.4, -0.2) is 22.9 Å². The minimum absolute atomic E-state index is 0.0165. The number of rotatable bonds is 8. The van der Waals surface area contributed by atoms with Crippen molar-refractivity contribution in [2.75, 3.05) is 6.54 Å². The van der Waals surface area contributed by atoms with Gasteiger partial charge in [0.25, 0.3) is 5.91 Å². The summed E-state index contributed by atoms with van der Waals surface area (Å²) in [6.45, 7) is 15.2. The van der Waals surface area contributed by atoms with E-state index < -0.39 is 0 Å². The summed E-state index contributed by atoms with van der Waals surface area (Å²) in [7, 11) is 0. The summed E-state index contributed by atoms with van der Waals surface area (Å²) in [5.74, 6) is 1.63. The van der Waals surface area contributed by atoms with Gasteiger partial charge >= 0.3 is 0 Å². The molecule has 0 unspecified atom stereocenters. The number of furan rings is 1. The quantitative estimate of drug-likeness (QED) is 0.698. The van der Waals surface area contributed by atoms with Crippen LogP contribution >= 0.6 is 0 Å². The van der Waals surface area contributed by atoms with Crippen LogP contribution in [0.5, 0.6) is 0 Å². The van der Waals surface area contributed by atoms with Crippen LogP contribution in [0.25, 0.3) is 0 Å². The normalized spacial score (nSPS) is 12.0. The van der Waals surface area contributed by atoms with Gasteiger partial charge in [0.15, 0.2) is 5.76 Å². The second-order valence-electron chi connectivity index (χ2n) is 8.72. The van der Waals surface area contributed by atoms with Crippen LogP contribution in [0.15, 0.2) is 40.8 Å².